The SMILES string of the molecule is c1ccc(-c2cc(=Nc3ccc4c(c3)OCCO4)c3ccccc3o2)cc1. The second-order valence-electron chi connectivity index (χ2n) is 6.30. The van der Waals surface area contributed by atoms with Gasteiger partial charge >= 0.3 is 0 Å². The van der Waals surface area contributed by atoms with Crippen molar-refractivity contribution in [3.63, 3.8) is 0 Å². The van der Waals surface area contributed by atoms with E-state index in [9.17, 15) is 0 Å². The Morgan fingerprint density at radius 2 is 1.48 bits per heavy atom. The second-order valence-corrected chi connectivity index (χ2v) is 6.30. The minimum Gasteiger partial charge on any atom is -0.486 e. The average Bonchev–Trinajstić information content (AvgIpc) is 2.74. The van der Waals surface area contributed by atoms with E-state index in [1.165, 1.54) is 0 Å². The van der Waals surface area contributed by atoms with Crippen LogP contribution in [0.4, 0.5) is 5.69 Å². The number of hydrogen-bond donors (Lipinski definition) is 0. The largest absolute Gasteiger partial charge is 0.486 e. The molecule has 0 saturated carbocycles. The summed E-state index contributed by atoms with van der Waals surface area (Å²) in [4.78, 5) is 4.87. The average molecular weight is 355 g/mol. The molecule has 0 N–H and O–H groups in total. The highest BCUT2D eigenvalue weighted by Crippen LogP contribution is 2.33. The Kier molecular flexibility index (Phi) is 3.87. The fourth-order valence-corrected chi connectivity index (χ4v) is 3.19. The van der Waals surface area contributed by atoms with Crippen molar-refractivity contribution in [1.82, 2.24) is 0 Å². The fraction of sp³-hybridized carbons (Fsp3) is 0.0870. The van der Waals surface area contributed by atoms with E-state index in [0.29, 0.717) is 13.2 Å². The minimum absolute atomic E-state index is 0.557. The summed E-state index contributed by atoms with van der Waals surface area (Å²) in [5, 5.41) is 1.82. The summed E-state index contributed by atoms with van der Waals surface area (Å²) in [7, 11) is 0. The first-order chi connectivity index (χ1) is 13.4. The molecule has 0 unspecified atom stereocenters. The van der Waals surface area contributed by atoms with Crippen LogP contribution in [0.15, 0.2) is 88.3 Å². The van der Waals surface area contributed by atoms with Crippen molar-refractivity contribution >= 4 is 16.7 Å². The lowest BCUT2D eigenvalue weighted by Crippen LogP contribution is -2.15. The second kappa shape index (κ2) is 6.65. The quantitative estimate of drug-likeness (QED) is 0.502. The van der Waals surface area contributed by atoms with Crippen molar-refractivity contribution in [2.24, 2.45) is 4.99 Å². The molecule has 27 heavy (non-hydrogen) atoms. The molecule has 1 aliphatic heterocycles. The molecule has 0 bridgehead atoms. The lowest BCUT2D eigenvalue weighted by Gasteiger charge is -2.18. The molecule has 0 amide bonds. The third kappa shape index (κ3) is 3.06. The first-order valence-electron chi connectivity index (χ1n) is 8.89. The molecule has 4 aromatic rings. The Morgan fingerprint density at radius 1 is 0.704 bits per heavy atom. The van der Waals surface area contributed by atoms with Crippen molar-refractivity contribution in [2.75, 3.05) is 13.2 Å². The first kappa shape index (κ1) is 15.7. The zero-order chi connectivity index (χ0) is 18.1. The Labute approximate surface area is 156 Å². The number of nitrogens with zero attached hydrogens (tertiary/aromatic N) is 1. The maximum Gasteiger partial charge on any atom is 0.163 e. The number of ether oxygens (including phenoxy) is 2. The van der Waals surface area contributed by atoms with Gasteiger partial charge in [0.05, 0.1) is 11.0 Å². The number of benzene rings is 3. The van der Waals surface area contributed by atoms with Crippen LogP contribution in [0.3, 0.4) is 0 Å². The summed E-state index contributed by atoms with van der Waals surface area (Å²) in [6.45, 7) is 1.14. The van der Waals surface area contributed by atoms with E-state index < -0.39 is 0 Å². The Balaban J connectivity index is 1.71. The van der Waals surface area contributed by atoms with Gasteiger partial charge in [-0.2, -0.15) is 0 Å². The molecule has 1 aliphatic rings. The molecule has 1 aromatic heterocycles. The minimum atomic E-state index is 0.557. The van der Waals surface area contributed by atoms with Gasteiger partial charge in [-0.25, -0.2) is 4.99 Å². The van der Waals surface area contributed by atoms with E-state index in [1.54, 1.807) is 0 Å². The molecule has 4 heteroatoms. The lowest BCUT2D eigenvalue weighted by atomic mass is 10.1. The topological polar surface area (TPSA) is 44.0 Å². The van der Waals surface area contributed by atoms with Crippen LogP contribution in [0.25, 0.3) is 22.3 Å². The van der Waals surface area contributed by atoms with E-state index >= 15 is 0 Å². The molecule has 0 aliphatic carbocycles. The summed E-state index contributed by atoms with van der Waals surface area (Å²) in [5.41, 5.74) is 2.63. The zero-order valence-corrected chi connectivity index (χ0v) is 14.6. The lowest BCUT2D eigenvalue weighted by molar-refractivity contribution is 0.171. The normalized spacial score (nSPS) is 13.7. The van der Waals surface area contributed by atoms with Crippen LogP contribution in [0, 0.1) is 0 Å². The van der Waals surface area contributed by atoms with Crippen LogP contribution in [-0.4, -0.2) is 13.2 Å². The third-order valence-corrected chi connectivity index (χ3v) is 4.48. The molecule has 0 radical (unpaired) electrons. The van der Waals surface area contributed by atoms with Gasteiger partial charge in [0, 0.05) is 23.1 Å². The molecular weight excluding hydrogens is 338 g/mol. The molecule has 0 saturated heterocycles. The molecule has 0 spiro atoms. The van der Waals surface area contributed by atoms with Crippen molar-refractivity contribution in [3.8, 4) is 22.8 Å². The number of para-hydroxylation sites is 1. The van der Waals surface area contributed by atoms with Gasteiger partial charge in [0.2, 0.25) is 0 Å². The van der Waals surface area contributed by atoms with Gasteiger partial charge in [-0.3, -0.25) is 0 Å². The zero-order valence-electron chi connectivity index (χ0n) is 14.6. The predicted molar refractivity (Wildman–Crippen MR) is 104 cm³/mol. The number of rotatable bonds is 2. The van der Waals surface area contributed by atoms with E-state index in [-0.39, 0.29) is 0 Å². The van der Waals surface area contributed by atoms with Crippen LogP contribution in [-0.2, 0) is 0 Å². The van der Waals surface area contributed by atoms with Gasteiger partial charge in [0.25, 0.3) is 0 Å². The summed E-state index contributed by atoms with van der Waals surface area (Å²) in [5.74, 6) is 2.28. The summed E-state index contributed by atoms with van der Waals surface area (Å²) < 4.78 is 17.4. The van der Waals surface area contributed by atoms with Crippen molar-refractivity contribution in [3.05, 3.63) is 84.2 Å². The molecule has 5 rings (SSSR count). The molecule has 0 fully saturated rings. The third-order valence-electron chi connectivity index (χ3n) is 4.48. The van der Waals surface area contributed by atoms with Crippen molar-refractivity contribution < 1.29 is 13.9 Å². The predicted octanol–water partition coefficient (Wildman–Crippen LogP) is 5.10. The standard InChI is InChI=1S/C23H17NO3/c1-2-6-16(7-3-1)22-15-19(18-8-4-5-9-20(18)27-22)24-17-10-11-21-23(14-17)26-13-12-25-21/h1-11,14-15H,12-13H2. The first-order valence-corrected chi connectivity index (χ1v) is 8.89. The van der Waals surface area contributed by atoms with Gasteiger partial charge < -0.3 is 13.9 Å². The van der Waals surface area contributed by atoms with Crippen molar-refractivity contribution in [2.45, 2.75) is 0 Å². The van der Waals surface area contributed by atoms with Gasteiger partial charge in [0.15, 0.2) is 11.5 Å². The Hall–Kier alpha value is -3.53. The highest BCUT2D eigenvalue weighted by molar-refractivity contribution is 5.78. The van der Waals surface area contributed by atoms with Crippen LogP contribution < -0.4 is 14.8 Å². The molecule has 2 heterocycles. The van der Waals surface area contributed by atoms with E-state index in [4.69, 9.17) is 18.9 Å². The Morgan fingerprint density at radius 3 is 2.37 bits per heavy atom. The maximum absolute atomic E-state index is 6.11. The van der Waals surface area contributed by atoms with Crippen LogP contribution >= 0.6 is 0 Å². The number of hydrogen-bond acceptors (Lipinski definition) is 4. The van der Waals surface area contributed by atoms with E-state index in [0.717, 1.165) is 44.8 Å². The molecular formula is C23H17NO3. The summed E-state index contributed by atoms with van der Waals surface area (Å²) >= 11 is 0. The van der Waals surface area contributed by atoms with Gasteiger partial charge in [-0.1, -0.05) is 42.5 Å². The highest BCUT2D eigenvalue weighted by Gasteiger charge is 2.12. The number of fused-ring (bicyclic) bond motifs is 2. The smallest absolute Gasteiger partial charge is 0.163 e. The van der Waals surface area contributed by atoms with Gasteiger partial charge in [-0.15, -0.1) is 0 Å². The van der Waals surface area contributed by atoms with E-state index in [2.05, 4.69) is 0 Å². The highest BCUT2D eigenvalue weighted by atomic mass is 16.6. The summed E-state index contributed by atoms with van der Waals surface area (Å²) in [6, 6.07) is 25.7. The van der Waals surface area contributed by atoms with Crippen LogP contribution in [0.5, 0.6) is 11.5 Å². The molecule has 4 nitrogen and oxygen atoms in total. The maximum atomic E-state index is 6.11. The Bertz CT molecular complexity index is 1180. The molecule has 3 aromatic carbocycles. The van der Waals surface area contributed by atoms with Gasteiger partial charge in [-0.05, 0) is 24.3 Å². The molecule has 132 valence electrons. The van der Waals surface area contributed by atoms with E-state index in [1.807, 2.05) is 78.9 Å². The van der Waals surface area contributed by atoms with Crippen LogP contribution in [0.1, 0.15) is 0 Å². The van der Waals surface area contributed by atoms with Crippen LogP contribution in [0.2, 0.25) is 0 Å². The fourth-order valence-electron chi connectivity index (χ4n) is 3.19. The van der Waals surface area contributed by atoms with Gasteiger partial charge in [0.1, 0.15) is 24.6 Å². The monoisotopic (exact) mass is 355 g/mol. The molecule has 0 atom stereocenters. The van der Waals surface area contributed by atoms with Crippen molar-refractivity contribution in [1.29, 1.82) is 0 Å². The summed E-state index contributed by atoms with van der Waals surface area (Å²) in [6.07, 6.45) is 0.